The first-order valence-corrected chi connectivity index (χ1v) is 8.93. The third-order valence-electron chi connectivity index (χ3n) is 3.87. The normalized spacial score (nSPS) is 11.6. The molecule has 0 saturated heterocycles. The first-order chi connectivity index (χ1) is 13.5. The minimum atomic E-state index is -0.637. The molecule has 0 fully saturated rings. The van der Waals surface area contributed by atoms with E-state index in [1.807, 2.05) is 37.3 Å². The molecule has 1 heterocycles. The van der Waals surface area contributed by atoms with Gasteiger partial charge in [-0.15, -0.1) is 10.2 Å². The fourth-order valence-electron chi connectivity index (χ4n) is 2.44. The molecule has 0 aliphatic heterocycles. The Kier molecular flexibility index (Phi) is 6.33. The fourth-order valence-corrected chi connectivity index (χ4v) is 2.57. The van der Waals surface area contributed by atoms with E-state index in [1.165, 1.54) is 0 Å². The molecule has 0 aliphatic rings. The molecule has 2 aromatic carbocycles. The number of halogens is 1. The van der Waals surface area contributed by atoms with Gasteiger partial charge < -0.3 is 10.1 Å². The minimum Gasteiger partial charge on any atom is -0.454 e. The van der Waals surface area contributed by atoms with Crippen molar-refractivity contribution in [3.05, 3.63) is 65.2 Å². The summed E-state index contributed by atoms with van der Waals surface area (Å²) in [4.78, 5) is 25.0. The van der Waals surface area contributed by atoms with Crippen LogP contribution in [-0.4, -0.2) is 38.7 Å². The number of benzene rings is 2. The van der Waals surface area contributed by atoms with Crippen LogP contribution >= 0.6 is 11.6 Å². The Bertz CT molecular complexity index is 944. The lowest BCUT2D eigenvalue weighted by molar-refractivity contribution is -0.149. The van der Waals surface area contributed by atoms with Crippen molar-refractivity contribution >= 4 is 23.5 Å². The van der Waals surface area contributed by atoms with Gasteiger partial charge in [-0.2, -0.15) is 4.80 Å². The lowest BCUT2D eigenvalue weighted by Crippen LogP contribution is -2.31. The van der Waals surface area contributed by atoms with Crippen LogP contribution in [0.25, 0.3) is 11.4 Å². The molecular formula is C19H18ClN5O3. The average molecular weight is 400 g/mol. The third kappa shape index (κ3) is 5.37. The Labute approximate surface area is 166 Å². The summed E-state index contributed by atoms with van der Waals surface area (Å²) in [6.07, 6.45) is 0. The van der Waals surface area contributed by atoms with Gasteiger partial charge in [0.25, 0.3) is 5.91 Å². The number of amides is 1. The van der Waals surface area contributed by atoms with E-state index in [4.69, 9.17) is 16.3 Å². The Morgan fingerprint density at radius 2 is 1.86 bits per heavy atom. The number of hydrogen-bond acceptors (Lipinski definition) is 6. The molecule has 1 aromatic heterocycles. The lowest BCUT2D eigenvalue weighted by atomic mass is 10.1. The summed E-state index contributed by atoms with van der Waals surface area (Å²) in [5.74, 6) is -0.667. The fraction of sp³-hybridized carbons (Fsp3) is 0.211. The predicted octanol–water partition coefficient (Wildman–Crippen LogP) is 2.41. The van der Waals surface area contributed by atoms with Gasteiger partial charge >= 0.3 is 5.97 Å². The van der Waals surface area contributed by atoms with E-state index in [-0.39, 0.29) is 19.2 Å². The maximum absolute atomic E-state index is 12.0. The van der Waals surface area contributed by atoms with Crippen molar-refractivity contribution in [2.24, 2.45) is 0 Å². The molecule has 0 bridgehead atoms. The first-order valence-electron chi connectivity index (χ1n) is 8.55. The Morgan fingerprint density at radius 1 is 1.14 bits per heavy atom. The van der Waals surface area contributed by atoms with E-state index in [1.54, 1.807) is 24.3 Å². The zero-order valence-corrected chi connectivity index (χ0v) is 15.8. The molecule has 28 heavy (non-hydrogen) atoms. The summed E-state index contributed by atoms with van der Waals surface area (Å²) in [6.45, 7) is 1.23. The largest absolute Gasteiger partial charge is 0.454 e. The number of hydrogen-bond donors (Lipinski definition) is 1. The molecule has 8 nitrogen and oxygen atoms in total. The molecule has 0 radical (unpaired) electrons. The summed E-state index contributed by atoms with van der Waals surface area (Å²) in [7, 11) is 0. The summed E-state index contributed by atoms with van der Waals surface area (Å²) < 4.78 is 4.98. The zero-order valence-electron chi connectivity index (χ0n) is 15.1. The van der Waals surface area contributed by atoms with Gasteiger partial charge in [-0.3, -0.25) is 4.79 Å². The van der Waals surface area contributed by atoms with E-state index < -0.39 is 11.9 Å². The van der Waals surface area contributed by atoms with Gasteiger partial charge in [0.1, 0.15) is 0 Å². The molecule has 1 amide bonds. The summed E-state index contributed by atoms with van der Waals surface area (Å²) in [6, 6.07) is 16.2. The second-order valence-electron chi connectivity index (χ2n) is 6.01. The zero-order chi connectivity index (χ0) is 19.9. The van der Waals surface area contributed by atoms with Gasteiger partial charge in [0.2, 0.25) is 5.82 Å². The number of carbonyl (C=O) groups excluding carboxylic acids is 2. The molecule has 3 rings (SSSR count). The predicted molar refractivity (Wildman–Crippen MR) is 102 cm³/mol. The number of tetrazole rings is 1. The van der Waals surface area contributed by atoms with E-state index in [2.05, 4.69) is 20.7 Å². The van der Waals surface area contributed by atoms with Crippen LogP contribution in [0.2, 0.25) is 5.02 Å². The molecule has 3 aromatic rings. The Balaban J connectivity index is 1.47. The highest BCUT2D eigenvalue weighted by molar-refractivity contribution is 6.30. The molecule has 1 N–H and O–H groups in total. The highest BCUT2D eigenvalue weighted by atomic mass is 35.5. The molecule has 0 aliphatic carbocycles. The second-order valence-corrected chi connectivity index (χ2v) is 6.45. The van der Waals surface area contributed by atoms with Gasteiger partial charge in [0.05, 0.1) is 6.04 Å². The van der Waals surface area contributed by atoms with Crippen molar-refractivity contribution in [3.63, 3.8) is 0 Å². The molecule has 1 atom stereocenters. The molecule has 0 spiro atoms. The average Bonchev–Trinajstić information content (AvgIpc) is 3.16. The number of ether oxygens (including phenoxy) is 1. The smallest absolute Gasteiger partial charge is 0.330 e. The molecule has 144 valence electrons. The van der Waals surface area contributed by atoms with Crippen LogP contribution in [0.5, 0.6) is 0 Å². The lowest BCUT2D eigenvalue weighted by Gasteiger charge is -2.14. The van der Waals surface area contributed by atoms with Crippen molar-refractivity contribution in [2.75, 3.05) is 6.61 Å². The topological polar surface area (TPSA) is 99.0 Å². The number of carbonyl (C=O) groups is 2. The van der Waals surface area contributed by atoms with Crippen molar-refractivity contribution in [2.45, 2.75) is 19.5 Å². The molecule has 0 unspecified atom stereocenters. The van der Waals surface area contributed by atoms with Crippen molar-refractivity contribution in [3.8, 4) is 11.4 Å². The van der Waals surface area contributed by atoms with E-state index in [0.29, 0.717) is 10.8 Å². The van der Waals surface area contributed by atoms with Crippen LogP contribution in [0.1, 0.15) is 18.5 Å². The van der Waals surface area contributed by atoms with Crippen LogP contribution in [0.3, 0.4) is 0 Å². The molecule has 9 heteroatoms. The third-order valence-corrected chi connectivity index (χ3v) is 4.12. The van der Waals surface area contributed by atoms with Crippen molar-refractivity contribution in [1.29, 1.82) is 0 Å². The minimum absolute atomic E-state index is 0.189. The number of rotatable bonds is 7. The van der Waals surface area contributed by atoms with E-state index in [9.17, 15) is 9.59 Å². The van der Waals surface area contributed by atoms with Gasteiger partial charge in [-0.05, 0) is 42.0 Å². The Hall–Kier alpha value is -3.26. The van der Waals surface area contributed by atoms with Crippen LogP contribution < -0.4 is 5.32 Å². The van der Waals surface area contributed by atoms with Gasteiger partial charge in [0, 0.05) is 10.6 Å². The van der Waals surface area contributed by atoms with E-state index in [0.717, 1.165) is 15.9 Å². The summed E-state index contributed by atoms with van der Waals surface area (Å²) in [5, 5.41) is 15.2. The second kappa shape index (κ2) is 9.09. The van der Waals surface area contributed by atoms with Crippen molar-refractivity contribution < 1.29 is 14.3 Å². The number of nitrogens with one attached hydrogen (secondary N) is 1. The van der Waals surface area contributed by atoms with Crippen molar-refractivity contribution in [1.82, 2.24) is 25.5 Å². The van der Waals surface area contributed by atoms with Gasteiger partial charge in [-0.1, -0.05) is 41.9 Å². The van der Waals surface area contributed by atoms with E-state index >= 15 is 0 Å². The van der Waals surface area contributed by atoms with Gasteiger partial charge in [0.15, 0.2) is 13.2 Å². The van der Waals surface area contributed by atoms with Crippen LogP contribution in [0.15, 0.2) is 54.6 Å². The Morgan fingerprint density at radius 3 is 2.57 bits per heavy atom. The van der Waals surface area contributed by atoms with Gasteiger partial charge in [-0.25, -0.2) is 4.79 Å². The van der Waals surface area contributed by atoms with Crippen LogP contribution in [0, 0.1) is 0 Å². The van der Waals surface area contributed by atoms with Crippen LogP contribution in [0.4, 0.5) is 0 Å². The maximum Gasteiger partial charge on any atom is 0.330 e. The highest BCUT2D eigenvalue weighted by Gasteiger charge is 2.14. The summed E-state index contributed by atoms with van der Waals surface area (Å²) >= 11 is 5.84. The molecule has 0 saturated carbocycles. The quantitative estimate of drug-likeness (QED) is 0.612. The van der Waals surface area contributed by atoms with Crippen LogP contribution in [-0.2, 0) is 20.9 Å². The SMILES string of the molecule is C[C@H](NC(=O)COC(=O)Cn1nnc(-c2ccc(Cl)cc2)n1)c1ccccc1. The summed E-state index contributed by atoms with van der Waals surface area (Å²) in [5.41, 5.74) is 1.68. The number of nitrogens with zero attached hydrogens (tertiary/aromatic N) is 4. The number of esters is 1. The number of aromatic nitrogens is 4. The highest BCUT2D eigenvalue weighted by Crippen LogP contribution is 2.17. The first kappa shape index (κ1) is 19.5. The molecular weight excluding hydrogens is 382 g/mol. The maximum atomic E-state index is 12.0. The standard InChI is InChI=1S/C19H18ClN5O3/c1-13(14-5-3-2-4-6-14)21-17(26)12-28-18(27)11-25-23-19(22-24-25)15-7-9-16(20)10-8-15/h2-10,13H,11-12H2,1H3,(H,21,26)/t13-/m0/s1. The monoisotopic (exact) mass is 399 g/mol.